The van der Waals surface area contributed by atoms with Crippen molar-refractivity contribution in [2.75, 3.05) is 19.1 Å². The fourth-order valence-electron chi connectivity index (χ4n) is 4.37. The number of carbonyl (C=O) groups is 2. The van der Waals surface area contributed by atoms with Crippen LogP contribution in [0.1, 0.15) is 22.6 Å². The minimum atomic E-state index is -6.37. The maximum Gasteiger partial charge on any atom is 0.435 e. The monoisotopic (exact) mass is 571 g/mol. The number of esters is 2. The number of aryl methyl sites for hydroxylation is 1. The second-order valence-corrected chi connectivity index (χ2v) is 8.49. The molecule has 3 rings (SSSR count). The molecule has 40 heavy (non-hydrogen) atoms. The van der Waals surface area contributed by atoms with Crippen molar-refractivity contribution >= 4 is 17.6 Å². The van der Waals surface area contributed by atoms with Gasteiger partial charge >= 0.3 is 30.0 Å². The first-order valence-corrected chi connectivity index (χ1v) is 11.2. The predicted molar refractivity (Wildman–Crippen MR) is 126 cm³/mol. The highest BCUT2D eigenvalue weighted by atomic mass is 19.4. The standard InChI is InChI=1S/C26H20F7N3O4/c1-13-11-15(24(27,25(28,29)30)26(31,32)33)9-10-17(13)36-20(23(38)40-3)19(22(37)39-2)18(16(12-34)21(36)35)14-7-5-4-6-8-14/h4-11,18H,35H2,1-3H3. The summed E-state index contributed by atoms with van der Waals surface area (Å²) in [4.78, 5) is 26.9. The van der Waals surface area contributed by atoms with Gasteiger partial charge in [0.1, 0.15) is 11.5 Å². The van der Waals surface area contributed by atoms with Crippen molar-refractivity contribution < 1.29 is 49.8 Å². The van der Waals surface area contributed by atoms with Gasteiger partial charge in [-0.1, -0.05) is 42.5 Å². The molecule has 0 saturated heterocycles. The lowest BCUT2D eigenvalue weighted by molar-refractivity contribution is -0.348. The molecule has 2 N–H and O–H groups in total. The highest BCUT2D eigenvalue weighted by Crippen LogP contribution is 2.54. The Morgan fingerprint density at radius 2 is 1.48 bits per heavy atom. The van der Waals surface area contributed by atoms with Gasteiger partial charge in [0.25, 0.3) is 0 Å². The number of nitrogens with zero attached hydrogens (tertiary/aromatic N) is 2. The minimum absolute atomic E-state index is 0.221. The van der Waals surface area contributed by atoms with Crippen molar-refractivity contribution in [1.82, 2.24) is 0 Å². The van der Waals surface area contributed by atoms with E-state index in [1.54, 1.807) is 18.2 Å². The molecular formula is C26H20F7N3O4. The fraction of sp³-hybridized carbons (Fsp3) is 0.269. The molecule has 7 nitrogen and oxygen atoms in total. The summed E-state index contributed by atoms with van der Waals surface area (Å²) in [6.45, 7) is 1.03. The number of ether oxygens (including phenoxy) is 2. The van der Waals surface area contributed by atoms with Gasteiger partial charge in [0.15, 0.2) is 0 Å². The lowest BCUT2D eigenvalue weighted by atomic mass is 9.80. The average molecular weight is 571 g/mol. The molecule has 1 aliphatic heterocycles. The predicted octanol–water partition coefficient (Wildman–Crippen LogP) is 5.18. The minimum Gasteiger partial charge on any atom is -0.466 e. The molecule has 14 heteroatoms. The molecular weight excluding hydrogens is 551 g/mol. The number of nitrogens with two attached hydrogens (primary N) is 1. The van der Waals surface area contributed by atoms with Crippen LogP contribution in [0.5, 0.6) is 0 Å². The summed E-state index contributed by atoms with van der Waals surface area (Å²) in [5.41, 5.74) is -3.03. The fourth-order valence-corrected chi connectivity index (χ4v) is 4.37. The Balaban J connectivity index is 2.40. The summed E-state index contributed by atoms with van der Waals surface area (Å²) in [7, 11) is 1.93. The normalized spacial score (nSPS) is 16.5. The van der Waals surface area contributed by atoms with Crippen LogP contribution in [0.4, 0.5) is 36.4 Å². The Bertz CT molecular complexity index is 1430. The van der Waals surface area contributed by atoms with Gasteiger partial charge in [0.05, 0.1) is 43.0 Å². The summed E-state index contributed by atoms with van der Waals surface area (Å²) in [5.74, 6) is -4.06. The molecule has 0 radical (unpaired) electrons. The van der Waals surface area contributed by atoms with Crippen LogP contribution in [-0.4, -0.2) is 38.5 Å². The van der Waals surface area contributed by atoms with Gasteiger partial charge in [-0.3, -0.25) is 4.90 Å². The third-order valence-electron chi connectivity index (χ3n) is 6.23. The molecule has 0 bridgehead atoms. The number of halogens is 7. The van der Waals surface area contributed by atoms with Gasteiger partial charge in [-0.15, -0.1) is 0 Å². The van der Waals surface area contributed by atoms with Gasteiger partial charge in [-0.05, 0) is 24.1 Å². The van der Waals surface area contributed by atoms with Crippen LogP contribution < -0.4 is 10.6 Å². The van der Waals surface area contributed by atoms with Crippen molar-refractivity contribution in [3.63, 3.8) is 0 Å². The highest BCUT2D eigenvalue weighted by Gasteiger charge is 2.73. The van der Waals surface area contributed by atoms with E-state index in [-0.39, 0.29) is 23.4 Å². The Hall–Kier alpha value is -4.54. The maximum absolute atomic E-state index is 14.7. The Labute approximate surface area is 222 Å². The number of benzene rings is 2. The number of hydrogen-bond acceptors (Lipinski definition) is 7. The molecule has 0 aliphatic carbocycles. The molecule has 0 fully saturated rings. The number of allylic oxidation sites excluding steroid dienone is 1. The number of hydrogen-bond donors (Lipinski definition) is 1. The molecule has 1 aliphatic rings. The van der Waals surface area contributed by atoms with E-state index in [1.807, 2.05) is 6.07 Å². The van der Waals surface area contributed by atoms with Crippen LogP contribution in [0.2, 0.25) is 0 Å². The third-order valence-corrected chi connectivity index (χ3v) is 6.23. The largest absolute Gasteiger partial charge is 0.466 e. The Morgan fingerprint density at radius 3 is 1.93 bits per heavy atom. The summed E-state index contributed by atoms with van der Waals surface area (Å²) in [5, 5.41) is 10.0. The van der Waals surface area contributed by atoms with Crippen LogP contribution in [-0.2, 0) is 24.7 Å². The number of anilines is 1. The highest BCUT2D eigenvalue weighted by molar-refractivity contribution is 6.06. The first kappa shape index (κ1) is 30.0. The number of alkyl halides is 7. The second kappa shape index (κ2) is 10.6. The van der Waals surface area contributed by atoms with E-state index in [1.165, 1.54) is 12.1 Å². The molecule has 1 unspecified atom stereocenters. The van der Waals surface area contributed by atoms with Crippen LogP contribution >= 0.6 is 0 Å². The van der Waals surface area contributed by atoms with Crippen molar-refractivity contribution in [2.45, 2.75) is 30.9 Å². The molecule has 0 spiro atoms. The van der Waals surface area contributed by atoms with E-state index in [0.29, 0.717) is 11.6 Å². The maximum atomic E-state index is 14.7. The third kappa shape index (κ3) is 4.72. The van der Waals surface area contributed by atoms with Crippen LogP contribution in [0, 0.1) is 18.3 Å². The molecule has 0 saturated carbocycles. The van der Waals surface area contributed by atoms with Crippen molar-refractivity contribution in [3.8, 4) is 6.07 Å². The smallest absolute Gasteiger partial charge is 0.435 e. The second-order valence-electron chi connectivity index (χ2n) is 8.49. The molecule has 1 atom stereocenters. The van der Waals surface area contributed by atoms with E-state index >= 15 is 0 Å². The summed E-state index contributed by atoms with van der Waals surface area (Å²) < 4.78 is 104. The van der Waals surface area contributed by atoms with E-state index in [2.05, 4.69) is 0 Å². The number of nitriles is 1. The lowest BCUT2D eigenvalue weighted by Crippen LogP contribution is -2.50. The van der Waals surface area contributed by atoms with Gasteiger partial charge in [-0.2, -0.15) is 31.6 Å². The Morgan fingerprint density at radius 1 is 0.925 bits per heavy atom. The van der Waals surface area contributed by atoms with Crippen LogP contribution in [0.25, 0.3) is 0 Å². The zero-order valence-corrected chi connectivity index (χ0v) is 20.9. The van der Waals surface area contributed by atoms with E-state index < -0.39 is 64.1 Å². The van der Waals surface area contributed by atoms with Gasteiger partial charge < -0.3 is 15.2 Å². The first-order chi connectivity index (χ1) is 18.6. The summed E-state index contributed by atoms with van der Waals surface area (Å²) >= 11 is 0. The molecule has 212 valence electrons. The van der Waals surface area contributed by atoms with Gasteiger partial charge in [-0.25, -0.2) is 14.0 Å². The Kier molecular flexibility index (Phi) is 7.92. The van der Waals surface area contributed by atoms with E-state index in [4.69, 9.17) is 15.2 Å². The van der Waals surface area contributed by atoms with Crippen molar-refractivity contribution in [2.24, 2.45) is 5.73 Å². The summed E-state index contributed by atoms with van der Waals surface area (Å²) in [6, 6.07) is 10.8. The van der Waals surface area contributed by atoms with Gasteiger partial charge in [0.2, 0.25) is 0 Å². The molecule has 2 aromatic rings. The van der Waals surface area contributed by atoms with Crippen LogP contribution in [0.15, 0.2) is 71.2 Å². The van der Waals surface area contributed by atoms with Crippen molar-refractivity contribution in [3.05, 3.63) is 87.9 Å². The van der Waals surface area contributed by atoms with E-state index in [0.717, 1.165) is 26.0 Å². The zero-order valence-electron chi connectivity index (χ0n) is 20.9. The zero-order chi connectivity index (χ0) is 30.2. The number of rotatable bonds is 5. The van der Waals surface area contributed by atoms with Gasteiger partial charge in [0, 0.05) is 5.56 Å². The van der Waals surface area contributed by atoms with E-state index in [9.17, 15) is 45.6 Å². The molecule has 0 amide bonds. The quantitative estimate of drug-likeness (QED) is 0.390. The lowest BCUT2D eigenvalue weighted by Gasteiger charge is -2.37. The molecule has 1 heterocycles. The topological polar surface area (TPSA) is 106 Å². The number of carbonyl (C=O) groups excluding carboxylic acids is 2. The average Bonchev–Trinajstić information content (AvgIpc) is 2.90. The van der Waals surface area contributed by atoms with Crippen LogP contribution in [0.3, 0.4) is 0 Å². The molecule has 2 aromatic carbocycles. The van der Waals surface area contributed by atoms with Crippen molar-refractivity contribution in [1.29, 1.82) is 5.26 Å². The number of methoxy groups -OCH3 is 2. The summed E-state index contributed by atoms with van der Waals surface area (Å²) in [6.07, 6.45) is -12.7. The first-order valence-electron chi connectivity index (χ1n) is 11.2. The molecule has 0 aromatic heterocycles. The SMILES string of the molecule is COC(=O)C1=C(C(=O)OC)N(c2ccc(C(F)(C(F)(F)F)C(F)(F)F)cc2C)C(N)=C(C#N)C1c1ccccc1.